The first-order chi connectivity index (χ1) is 6.76. The average molecular weight is 200 g/mol. The van der Waals surface area contributed by atoms with Gasteiger partial charge in [-0.15, -0.1) is 6.58 Å². The van der Waals surface area contributed by atoms with Gasteiger partial charge in [-0.1, -0.05) is 13.0 Å². The van der Waals surface area contributed by atoms with Crippen LogP contribution in [0, 0.1) is 0 Å². The Morgan fingerprint density at radius 3 is 2.86 bits per heavy atom. The average Bonchev–Trinajstić information content (AvgIpc) is 2.20. The Morgan fingerprint density at radius 1 is 1.64 bits per heavy atom. The van der Waals surface area contributed by atoms with Gasteiger partial charge in [0.2, 0.25) is 5.91 Å². The quantitative estimate of drug-likeness (QED) is 0.571. The molecule has 0 fully saturated rings. The third-order valence-electron chi connectivity index (χ3n) is 1.79. The number of ether oxygens (including phenoxy) is 1. The predicted octanol–water partition coefficient (Wildman–Crippen LogP) is 0.257. The molecule has 0 saturated heterocycles. The first-order valence-electron chi connectivity index (χ1n) is 4.84. The van der Waals surface area contributed by atoms with E-state index in [9.17, 15) is 4.79 Å². The van der Waals surface area contributed by atoms with Gasteiger partial charge in [0.15, 0.2) is 0 Å². The van der Waals surface area contributed by atoms with Crippen molar-refractivity contribution in [3.05, 3.63) is 12.7 Å². The second kappa shape index (κ2) is 8.72. The standard InChI is InChI=1S/C10H20N2O2/c1-4-6-12(7-8-14-3)10(13)9-11-5-2/h4,11H,1,5-9H2,2-3H3. The Morgan fingerprint density at radius 2 is 2.36 bits per heavy atom. The van der Waals surface area contributed by atoms with E-state index in [1.807, 2.05) is 6.92 Å². The smallest absolute Gasteiger partial charge is 0.236 e. The van der Waals surface area contributed by atoms with Crippen LogP contribution in [-0.2, 0) is 9.53 Å². The summed E-state index contributed by atoms with van der Waals surface area (Å²) in [5, 5.41) is 3.00. The van der Waals surface area contributed by atoms with E-state index in [2.05, 4.69) is 11.9 Å². The normalized spacial score (nSPS) is 9.86. The van der Waals surface area contributed by atoms with Crippen molar-refractivity contribution >= 4 is 5.91 Å². The largest absolute Gasteiger partial charge is 0.383 e. The van der Waals surface area contributed by atoms with Crippen molar-refractivity contribution in [3.8, 4) is 0 Å². The number of carbonyl (C=O) groups is 1. The van der Waals surface area contributed by atoms with Gasteiger partial charge >= 0.3 is 0 Å². The van der Waals surface area contributed by atoms with E-state index in [0.29, 0.717) is 26.2 Å². The number of amides is 1. The molecule has 0 aliphatic rings. The molecule has 0 aliphatic heterocycles. The second-order valence-corrected chi connectivity index (χ2v) is 2.90. The van der Waals surface area contributed by atoms with Crippen LogP contribution in [0.3, 0.4) is 0 Å². The highest BCUT2D eigenvalue weighted by molar-refractivity contribution is 5.78. The maximum Gasteiger partial charge on any atom is 0.236 e. The molecule has 0 bridgehead atoms. The highest BCUT2D eigenvalue weighted by atomic mass is 16.5. The molecule has 1 amide bonds. The molecule has 0 unspecified atom stereocenters. The van der Waals surface area contributed by atoms with Crippen LogP contribution in [0.2, 0.25) is 0 Å². The highest BCUT2D eigenvalue weighted by Crippen LogP contribution is 1.90. The molecule has 1 N–H and O–H groups in total. The van der Waals surface area contributed by atoms with Crippen molar-refractivity contribution in [2.24, 2.45) is 0 Å². The van der Waals surface area contributed by atoms with Gasteiger partial charge < -0.3 is 15.0 Å². The van der Waals surface area contributed by atoms with Crippen LogP contribution in [0.25, 0.3) is 0 Å². The van der Waals surface area contributed by atoms with E-state index < -0.39 is 0 Å². The molecule has 0 aromatic heterocycles. The molecule has 0 spiro atoms. The molecule has 0 aromatic rings. The molecule has 0 aromatic carbocycles. The van der Waals surface area contributed by atoms with E-state index in [1.165, 1.54) is 0 Å². The number of hydrogen-bond acceptors (Lipinski definition) is 3. The van der Waals surface area contributed by atoms with Crippen molar-refractivity contribution in [2.75, 3.05) is 39.9 Å². The summed E-state index contributed by atoms with van der Waals surface area (Å²) in [5.74, 6) is 0.0869. The third-order valence-corrected chi connectivity index (χ3v) is 1.79. The second-order valence-electron chi connectivity index (χ2n) is 2.90. The van der Waals surface area contributed by atoms with E-state index in [-0.39, 0.29) is 5.91 Å². The Balaban J connectivity index is 3.90. The topological polar surface area (TPSA) is 41.6 Å². The SMILES string of the molecule is C=CCN(CCOC)C(=O)CNCC. The minimum absolute atomic E-state index is 0.0869. The summed E-state index contributed by atoms with van der Waals surface area (Å²) in [6.07, 6.45) is 1.72. The zero-order valence-corrected chi connectivity index (χ0v) is 9.08. The van der Waals surface area contributed by atoms with Crippen LogP contribution in [0.15, 0.2) is 12.7 Å². The predicted molar refractivity (Wildman–Crippen MR) is 57.2 cm³/mol. The first kappa shape index (κ1) is 13.1. The van der Waals surface area contributed by atoms with Crippen LogP contribution in [0.5, 0.6) is 0 Å². The number of methoxy groups -OCH3 is 1. The fourth-order valence-electron chi connectivity index (χ4n) is 1.02. The Kier molecular flexibility index (Phi) is 8.17. The molecule has 4 nitrogen and oxygen atoms in total. The Bertz CT molecular complexity index is 172. The van der Waals surface area contributed by atoms with Crippen molar-refractivity contribution in [1.82, 2.24) is 10.2 Å². The van der Waals surface area contributed by atoms with Crippen molar-refractivity contribution < 1.29 is 9.53 Å². The molecular weight excluding hydrogens is 180 g/mol. The molecule has 0 atom stereocenters. The third kappa shape index (κ3) is 5.72. The summed E-state index contributed by atoms with van der Waals surface area (Å²) in [6.45, 7) is 8.53. The zero-order valence-electron chi connectivity index (χ0n) is 9.08. The first-order valence-corrected chi connectivity index (χ1v) is 4.84. The van der Waals surface area contributed by atoms with Crippen LogP contribution in [-0.4, -0.2) is 50.7 Å². The molecular formula is C10H20N2O2. The maximum atomic E-state index is 11.6. The molecule has 0 radical (unpaired) electrons. The van der Waals surface area contributed by atoms with Crippen LogP contribution in [0.4, 0.5) is 0 Å². The molecule has 0 aliphatic carbocycles. The van der Waals surface area contributed by atoms with Crippen LogP contribution in [0.1, 0.15) is 6.92 Å². The number of rotatable bonds is 8. The summed E-state index contributed by atoms with van der Waals surface area (Å²) in [7, 11) is 1.63. The minimum atomic E-state index is 0.0869. The fraction of sp³-hybridized carbons (Fsp3) is 0.700. The number of nitrogens with one attached hydrogen (secondary N) is 1. The fourth-order valence-corrected chi connectivity index (χ4v) is 1.02. The van der Waals surface area contributed by atoms with Gasteiger partial charge in [0.05, 0.1) is 13.2 Å². The Labute approximate surface area is 85.9 Å². The lowest BCUT2D eigenvalue weighted by Gasteiger charge is -2.20. The van der Waals surface area contributed by atoms with E-state index in [4.69, 9.17) is 4.74 Å². The lowest BCUT2D eigenvalue weighted by Crippen LogP contribution is -2.40. The molecule has 0 saturated carbocycles. The minimum Gasteiger partial charge on any atom is -0.383 e. The number of hydrogen-bond donors (Lipinski definition) is 1. The maximum absolute atomic E-state index is 11.6. The number of carbonyl (C=O) groups excluding carboxylic acids is 1. The summed E-state index contributed by atoms with van der Waals surface area (Å²) < 4.78 is 4.92. The van der Waals surface area contributed by atoms with Crippen molar-refractivity contribution in [3.63, 3.8) is 0 Å². The number of nitrogens with zero attached hydrogens (tertiary/aromatic N) is 1. The van der Waals surface area contributed by atoms with Crippen molar-refractivity contribution in [1.29, 1.82) is 0 Å². The van der Waals surface area contributed by atoms with Gasteiger partial charge in [0.25, 0.3) is 0 Å². The van der Waals surface area contributed by atoms with E-state index in [0.717, 1.165) is 6.54 Å². The molecule has 14 heavy (non-hydrogen) atoms. The van der Waals surface area contributed by atoms with Crippen molar-refractivity contribution in [2.45, 2.75) is 6.92 Å². The van der Waals surface area contributed by atoms with Gasteiger partial charge in [-0.05, 0) is 6.54 Å². The van der Waals surface area contributed by atoms with Crippen LogP contribution >= 0.6 is 0 Å². The lowest BCUT2D eigenvalue weighted by molar-refractivity contribution is -0.130. The zero-order chi connectivity index (χ0) is 10.8. The number of likely N-dealkylation sites (N-methyl/N-ethyl adjacent to an activating group) is 1. The molecule has 4 heteroatoms. The lowest BCUT2D eigenvalue weighted by atomic mass is 10.4. The summed E-state index contributed by atoms with van der Waals surface area (Å²) >= 11 is 0. The molecule has 82 valence electrons. The monoisotopic (exact) mass is 200 g/mol. The highest BCUT2D eigenvalue weighted by Gasteiger charge is 2.10. The summed E-state index contributed by atoms with van der Waals surface area (Å²) in [4.78, 5) is 13.3. The van der Waals surface area contributed by atoms with Gasteiger partial charge in [0, 0.05) is 20.2 Å². The van der Waals surface area contributed by atoms with Gasteiger partial charge in [0.1, 0.15) is 0 Å². The Hall–Kier alpha value is -0.870. The van der Waals surface area contributed by atoms with E-state index in [1.54, 1.807) is 18.1 Å². The summed E-state index contributed by atoms with van der Waals surface area (Å²) in [5.41, 5.74) is 0. The van der Waals surface area contributed by atoms with E-state index >= 15 is 0 Å². The van der Waals surface area contributed by atoms with Crippen LogP contribution < -0.4 is 5.32 Å². The van der Waals surface area contributed by atoms with Gasteiger partial charge in [-0.25, -0.2) is 0 Å². The van der Waals surface area contributed by atoms with Gasteiger partial charge in [-0.3, -0.25) is 4.79 Å². The summed E-state index contributed by atoms with van der Waals surface area (Å²) in [6, 6.07) is 0. The van der Waals surface area contributed by atoms with Gasteiger partial charge in [-0.2, -0.15) is 0 Å². The molecule has 0 heterocycles. The molecule has 0 rings (SSSR count).